The second-order valence-electron chi connectivity index (χ2n) is 6.85. The number of non-ortho nitro benzene ring substituents is 1. The molecule has 2 aliphatic rings. The molecule has 152 valence electrons. The molecule has 11 heteroatoms. The molecule has 0 radical (unpaired) electrons. The number of sulfonamides is 1. The third-order valence-corrected chi connectivity index (χ3v) is 7.51. The first kappa shape index (κ1) is 20.2. The molecular formula is C17H20N2O8S. The van der Waals surface area contributed by atoms with Gasteiger partial charge >= 0.3 is 11.9 Å². The molecule has 2 heterocycles. The van der Waals surface area contributed by atoms with Crippen LogP contribution in [0.1, 0.15) is 25.7 Å². The predicted octanol–water partition coefficient (Wildman–Crippen LogP) is 1.24. The van der Waals surface area contributed by atoms with Gasteiger partial charge in [-0.15, -0.1) is 0 Å². The minimum Gasteiger partial charge on any atom is -0.468 e. The first-order valence-electron chi connectivity index (χ1n) is 8.65. The van der Waals surface area contributed by atoms with Gasteiger partial charge in [0, 0.05) is 18.2 Å². The van der Waals surface area contributed by atoms with Crippen molar-refractivity contribution >= 4 is 27.6 Å². The number of hydrogen-bond donors (Lipinski definition) is 0. The van der Waals surface area contributed by atoms with E-state index in [4.69, 9.17) is 9.47 Å². The third-order valence-electron chi connectivity index (χ3n) is 5.53. The Morgan fingerprint density at radius 3 is 2.21 bits per heavy atom. The molecule has 0 saturated carbocycles. The molecule has 2 fully saturated rings. The van der Waals surface area contributed by atoms with Crippen LogP contribution in [-0.2, 0) is 29.1 Å². The number of piperidine rings is 1. The maximum atomic E-state index is 13.3. The van der Waals surface area contributed by atoms with Crippen LogP contribution in [0.4, 0.5) is 5.69 Å². The zero-order valence-electron chi connectivity index (χ0n) is 15.4. The van der Waals surface area contributed by atoms with Gasteiger partial charge in [-0.1, -0.05) is 6.42 Å². The molecule has 2 unspecified atom stereocenters. The quantitative estimate of drug-likeness (QED) is 0.305. The van der Waals surface area contributed by atoms with Gasteiger partial charge in [0.05, 0.1) is 30.1 Å². The second kappa shape index (κ2) is 7.13. The van der Waals surface area contributed by atoms with Crippen molar-refractivity contribution in [3.05, 3.63) is 34.4 Å². The van der Waals surface area contributed by atoms with Crippen molar-refractivity contribution in [1.82, 2.24) is 4.31 Å². The van der Waals surface area contributed by atoms with Crippen LogP contribution in [0.15, 0.2) is 29.2 Å². The maximum Gasteiger partial charge on any atom is 0.324 e. The second-order valence-corrected chi connectivity index (χ2v) is 8.69. The fraction of sp³-hybridized carbons (Fsp3) is 0.529. The minimum absolute atomic E-state index is 0.0246. The molecule has 0 spiro atoms. The van der Waals surface area contributed by atoms with Gasteiger partial charge in [-0.25, -0.2) is 8.42 Å². The van der Waals surface area contributed by atoms with Gasteiger partial charge in [0.2, 0.25) is 10.0 Å². The Hall–Kier alpha value is -2.53. The van der Waals surface area contributed by atoms with Gasteiger partial charge in [0.15, 0.2) is 5.41 Å². The summed E-state index contributed by atoms with van der Waals surface area (Å²) >= 11 is 0. The standard InChI is InChI=1S/C17H20N2O8S/c1-26-15(20)17(16(21)27-2)10-12-4-3-5-14(17)18(12)28(24,25)13-8-6-11(7-9-13)19(22)23/h6-9,12,14H,3-5,10H2,1-2H3. The zero-order valence-corrected chi connectivity index (χ0v) is 16.2. The van der Waals surface area contributed by atoms with Crippen LogP contribution in [0.2, 0.25) is 0 Å². The third kappa shape index (κ3) is 2.85. The fourth-order valence-corrected chi connectivity index (χ4v) is 6.25. The van der Waals surface area contributed by atoms with E-state index in [1.54, 1.807) is 0 Å². The number of nitrogens with zero attached hydrogens (tertiary/aromatic N) is 2. The van der Waals surface area contributed by atoms with Crippen molar-refractivity contribution in [3.8, 4) is 0 Å². The number of fused-ring (bicyclic) bond motifs is 2. The number of methoxy groups -OCH3 is 2. The molecule has 3 rings (SSSR count). The summed E-state index contributed by atoms with van der Waals surface area (Å²) in [7, 11) is -1.81. The van der Waals surface area contributed by atoms with Crippen molar-refractivity contribution in [2.24, 2.45) is 5.41 Å². The number of nitro benzene ring substituents is 1. The predicted molar refractivity (Wildman–Crippen MR) is 94.6 cm³/mol. The van der Waals surface area contributed by atoms with Crippen molar-refractivity contribution < 1.29 is 32.4 Å². The molecule has 1 aromatic rings. The molecule has 0 aromatic heterocycles. The van der Waals surface area contributed by atoms with E-state index >= 15 is 0 Å². The van der Waals surface area contributed by atoms with E-state index in [9.17, 15) is 28.1 Å². The Bertz CT molecular complexity index is 896. The van der Waals surface area contributed by atoms with Gasteiger partial charge in [0.25, 0.3) is 5.69 Å². The van der Waals surface area contributed by atoms with Crippen LogP contribution in [0.25, 0.3) is 0 Å². The molecule has 0 aliphatic carbocycles. The molecule has 0 amide bonds. The number of benzene rings is 1. The van der Waals surface area contributed by atoms with E-state index in [0.29, 0.717) is 19.3 Å². The van der Waals surface area contributed by atoms with E-state index in [1.807, 2.05) is 0 Å². The average molecular weight is 412 g/mol. The summed E-state index contributed by atoms with van der Waals surface area (Å²) < 4.78 is 37.4. The van der Waals surface area contributed by atoms with Gasteiger partial charge < -0.3 is 9.47 Å². The average Bonchev–Trinajstić information content (AvgIpc) is 2.91. The van der Waals surface area contributed by atoms with Gasteiger partial charge in [0.1, 0.15) is 0 Å². The molecule has 2 bridgehead atoms. The molecule has 28 heavy (non-hydrogen) atoms. The van der Waals surface area contributed by atoms with Crippen molar-refractivity contribution in [1.29, 1.82) is 0 Å². The lowest BCUT2D eigenvalue weighted by Gasteiger charge is -2.36. The van der Waals surface area contributed by atoms with Crippen LogP contribution >= 0.6 is 0 Å². The van der Waals surface area contributed by atoms with E-state index in [2.05, 4.69) is 0 Å². The van der Waals surface area contributed by atoms with Gasteiger partial charge in [-0.2, -0.15) is 4.31 Å². The highest BCUT2D eigenvalue weighted by Gasteiger charge is 2.66. The highest BCUT2D eigenvalue weighted by Crippen LogP contribution is 2.51. The normalized spacial score (nSPS) is 23.8. The Kier molecular flexibility index (Phi) is 5.15. The summed E-state index contributed by atoms with van der Waals surface area (Å²) in [5.41, 5.74) is -1.96. The van der Waals surface area contributed by atoms with Crippen LogP contribution < -0.4 is 0 Å². The molecule has 1 aromatic carbocycles. The maximum absolute atomic E-state index is 13.3. The number of rotatable bonds is 5. The van der Waals surface area contributed by atoms with E-state index in [1.165, 1.54) is 4.31 Å². The van der Waals surface area contributed by atoms with Crippen LogP contribution in [0.3, 0.4) is 0 Å². The van der Waals surface area contributed by atoms with Crippen LogP contribution in [0.5, 0.6) is 0 Å². The van der Waals surface area contributed by atoms with Crippen molar-refractivity contribution in [2.45, 2.75) is 42.7 Å². The lowest BCUT2D eigenvalue weighted by molar-refractivity contribution is -0.384. The molecule has 2 saturated heterocycles. The molecule has 10 nitrogen and oxygen atoms in total. The summed E-state index contributed by atoms with van der Waals surface area (Å²) in [5, 5.41) is 10.8. The minimum atomic E-state index is -4.10. The summed E-state index contributed by atoms with van der Waals surface area (Å²) in [6.45, 7) is 0. The van der Waals surface area contributed by atoms with E-state index < -0.39 is 44.4 Å². The largest absolute Gasteiger partial charge is 0.468 e. The number of carbonyl (C=O) groups is 2. The van der Waals surface area contributed by atoms with E-state index in [0.717, 1.165) is 38.5 Å². The SMILES string of the molecule is COC(=O)C1(C(=O)OC)CC2CCCC1N2S(=O)(=O)c1ccc([N+](=O)[O-])cc1. The fourth-order valence-electron chi connectivity index (χ4n) is 4.33. The number of esters is 2. The summed E-state index contributed by atoms with van der Waals surface area (Å²) in [6.07, 6.45) is 1.41. The highest BCUT2D eigenvalue weighted by molar-refractivity contribution is 7.89. The Morgan fingerprint density at radius 2 is 1.71 bits per heavy atom. The summed E-state index contributed by atoms with van der Waals surface area (Å²) in [5.74, 6) is -1.64. The zero-order chi connectivity index (χ0) is 20.7. The topological polar surface area (TPSA) is 133 Å². The van der Waals surface area contributed by atoms with Crippen LogP contribution in [0, 0.1) is 15.5 Å². The Labute approximate surface area is 161 Å². The van der Waals surface area contributed by atoms with Gasteiger partial charge in [-0.05, 0) is 31.4 Å². The van der Waals surface area contributed by atoms with Crippen molar-refractivity contribution in [3.63, 3.8) is 0 Å². The molecule has 2 atom stereocenters. The highest BCUT2D eigenvalue weighted by atomic mass is 32.2. The van der Waals surface area contributed by atoms with E-state index in [-0.39, 0.29) is 17.0 Å². The molecular weight excluding hydrogens is 392 g/mol. The first-order chi connectivity index (χ1) is 13.2. The van der Waals surface area contributed by atoms with Crippen molar-refractivity contribution in [2.75, 3.05) is 14.2 Å². The Morgan fingerprint density at radius 1 is 1.14 bits per heavy atom. The monoisotopic (exact) mass is 412 g/mol. The Balaban J connectivity index is 2.07. The number of carbonyl (C=O) groups excluding carboxylic acids is 2. The summed E-state index contributed by atoms with van der Waals surface area (Å²) in [6, 6.07) is 3.00. The lowest BCUT2D eigenvalue weighted by Crippen LogP contribution is -2.53. The number of ether oxygens (including phenoxy) is 2. The van der Waals surface area contributed by atoms with Gasteiger partial charge in [-0.3, -0.25) is 19.7 Å². The number of nitro groups is 1. The smallest absolute Gasteiger partial charge is 0.324 e. The summed E-state index contributed by atoms with van der Waals surface area (Å²) in [4.78, 5) is 35.2. The lowest BCUT2D eigenvalue weighted by atomic mass is 9.79. The number of hydrogen-bond acceptors (Lipinski definition) is 8. The molecule has 0 N–H and O–H groups in total. The first-order valence-corrected chi connectivity index (χ1v) is 10.1. The van der Waals surface area contributed by atoms with Crippen LogP contribution in [-0.4, -0.2) is 55.9 Å². The molecule has 2 aliphatic heterocycles.